The van der Waals surface area contributed by atoms with Crippen LogP contribution in [0.3, 0.4) is 0 Å². The molecule has 0 spiro atoms. The first kappa shape index (κ1) is 21.5. The molecule has 1 fully saturated rings. The summed E-state index contributed by atoms with van der Waals surface area (Å²) in [7, 11) is 0. The first-order chi connectivity index (χ1) is 14.2. The summed E-state index contributed by atoms with van der Waals surface area (Å²) in [4.78, 5) is 26.6. The Hall–Kier alpha value is -1.78. The Morgan fingerprint density at radius 1 is 1.17 bits per heavy atom. The summed E-state index contributed by atoms with van der Waals surface area (Å²) in [6.07, 6.45) is 4.99. The van der Waals surface area contributed by atoms with Crippen molar-refractivity contribution in [3.8, 4) is 0 Å². The third-order valence-electron chi connectivity index (χ3n) is 6.33. The molecular formula is C24H27Cl2NO3. The van der Waals surface area contributed by atoms with Crippen LogP contribution in [0.2, 0.25) is 10.0 Å². The summed E-state index contributed by atoms with van der Waals surface area (Å²) in [6.45, 7) is 6.04. The number of Topliss-reactive ketones (excluding diaryl/α,β-unsaturated/α-hetero) is 1. The predicted octanol–water partition coefficient (Wildman–Crippen LogP) is 6.08. The van der Waals surface area contributed by atoms with Gasteiger partial charge in [0, 0.05) is 29.3 Å². The van der Waals surface area contributed by atoms with Gasteiger partial charge in [-0.15, -0.1) is 0 Å². The molecule has 0 unspecified atom stereocenters. The molecule has 1 aromatic carbocycles. The third kappa shape index (κ3) is 3.92. The normalized spacial score (nSPS) is 24.0. The minimum atomic E-state index is -0.579. The standard InChI is InChI=1S/C24H27Cl2NO3/c1-13-19(23(29)30-14-7-4-5-8-14)20(15-9-6-10-16(25)22(15)26)21-17(27-13)11-24(2,3)12-18(21)28/h6,9-10,14,20,27H,4-5,7-8,11-12H2,1-3H3/t20-/m0/s1. The molecule has 1 aliphatic heterocycles. The first-order valence-electron chi connectivity index (χ1n) is 10.6. The van der Waals surface area contributed by atoms with E-state index in [0.29, 0.717) is 38.9 Å². The molecular weight excluding hydrogens is 421 g/mol. The summed E-state index contributed by atoms with van der Waals surface area (Å²) in [5.74, 6) is -0.921. The van der Waals surface area contributed by atoms with Crippen molar-refractivity contribution in [1.82, 2.24) is 5.32 Å². The zero-order valence-electron chi connectivity index (χ0n) is 17.6. The summed E-state index contributed by atoms with van der Waals surface area (Å²) < 4.78 is 5.85. The number of dihydropyridines is 1. The van der Waals surface area contributed by atoms with Crippen LogP contribution in [0.5, 0.6) is 0 Å². The molecule has 3 aliphatic rings. The molecule has 160 valence electrons. The molecule has 1 N–H and O–H groups in total. The molecule has 0 amide bonds. The fourth-order valence-electron chi connectivity index (χ4n) is 4.98. The lowest BCUT2D eigenvalue weighted by Gasteiger charge is -2.39. The Morgan fingerprint density at radius 3 is 2.57 bits per heavy atom. The number of rotatable bonds is 3. The molecule has 2 aliphatic carbocycles. The molecule has 0 saturated heterocycles. The second-order valence-corrected chi connectivity index (χ2v) is 10.2. The lowest BCUT2D eigenvalue weighted by Crippen LogP contribution is -2.39. The highest BCUT2D eigenvalue weighted by atomic mass is 35.5. The van der Waals surface area contributed by atoms with Gasteiger partial charge < -0.3 is 10.1 Å². The molecule has 30 heavy (non-hydrogen) atoms. The van der Waals surface area contributed by atoms with Crippen LogP contribution < -0.4 is 5.32 Å². The van der Waals surface area contributed by atoms with Gasteiger partial charge in [0.05, 0.1) is 15.6 Å². The second kappa shape index (κ2) is 8.05. The lowest BCUT2D eigenvalue weighted by atomic mass is 9.68. The number of ketones is 1. The van der Waals surface area contributed by atoms with E-state index in [0.717, 1.165) is 37.8 Å². The van der Waals surface area contributed by atoms with Crippen molar-refractivity contribution in [2.45, 2.75) is 71.3 Å². The number of hydrogen-bond donors (Lipinski definition) is 1. The van der Waals surface area contributed by atoms with Gasteiger partial charge in [-0.05, 0) is 56.1 Å². The summed E-state index contributed by atoms with van der Waals surface area (Å²) in [5.41, 5.74) is 3.17. The molecule has 6 heteroatoms. The van der Waals surface area contributed by atoms with Gasteiger partial charge in [-0.2, -0.15) is 0 Å². The van der Waals surface area contributed by atoms with E-state index in [9.17, 15) is 9.59 Å². The molecule has 1 heterocycles. The fourth-order valence-corrected chi connectivity index (χ4v) is 5.40. The fraction of sp³-hybridized carbons (Fsp3) is 0.500. The van der Waals surface area contributed by atoms with Crippen LogP contribution in [-0.2, 0) is 14.3 Å². The average Bonchev–Trinajstić information content (AvgIpc) is 3.14. The van der Waals surface area contributed by atoms with Gasteiger partial charge >= 0.3 is 5.97 Å². The number of carbonyl (C=O) groups is 2. The Bertz CT molecular complexity index is 971. The number of carbonyl (C=O) groups excluding carboxylic acids is 2. The van der Waals surface area contributed by atoms with Crippen molar-refractivity contribution in [1.29, 1.82) is 0 Å². The van der Waals surface area contributed by atoms with E-state index < -0.39 is 5.92 Å². The topological polar surface area (TPSA) is 55.4 Å². The van der Waals surface area contributed by atoms with E-state index in [1.807, 2.05) is 13.0 Å². The summed E-state index contributed by atoms with van der Waals surface area (Å²) in [6, 6.07) is 5.36. The Kier molecular flexibility index (Phi) is 5.75. The predicted molar refractivity (Wildman–Crippen MR) is 118 cm³/mol. The van der Waals surface area contributed by atoms with Crippen LogP contribution >= 0.6 is 23.2 Å². The highest BCUT2D eigenvalue weighted by molar-refractivity contribution is 6.42. The molecule has 4 nitrogen and oxygen atoms in total. The average molecular weight is 448 g/mol. The molecule has 1 aromatic rings. The molecule has 0 radical (unpaired) electrons. The van der Waals surface area contributed by atoms with Gasteiger partial charge in [-0.25, -0.2) is 4.79 Å². The lowest BCUT2D eigenvalue weighted by molar-refractivity contribution is -0.144. The van der Waals surface area contributed by atoms with Crippen molar-refractivity contribution in [3.63, 3.8) is 0 Å². The largest absolute Gasteiger partial charge is 0.459 e. The SMILES string of the molecule is CC1=C(C(=O)OC2CCCC2)[C@H](c2cccc(Cl)c2Cl)C2=C(CC(C)(C)CC2=O)N1. The molecule has 1 saturated carbocycles. The minimum Gasteiger partial charge on any atom is -0.459 e. The number of benzene rings is 1. The Morgan fingerprint density at radius 2 is 1.87 bits per heavy atom. The molecule has 4 rings (SSSR count). The van der Waals surface area contributed by atoms with E-state index in [1.165, 1.54) is 0 Å². The number of hydrogen-bond acceptors (Lipinski definition) is 4. The van der Waals surface area contributed by atoms with Crippen LogP contribution in [0, 0.1) is 5.41 Å². The zero-order chi connectivity index (χ0) is 21.6. The van der Waals surface area contributed by atoms with Gasteiger partial charge in [0.2, 0.25) is 0 Å². The Labute approximate surface area is 187 Å². The quantitative estimate of drug-likeness (QED) is 0.569. The minimum absolute atomic E-state index is 0.0356. The van der Waals surface area contributed by atoms with E-state index in [4.69, 9.17) is 27.9 Å². The molecule has 1 atom stereocenters. The van der Waals surface area contributed by atoms with Gasteiger partial charge in [0.1, 0.15) is 6.10 Å². The van der Waals surface area contributed by atoms with Crippen molar-refractivity contribution < 1.29 is 14.3 Å². The van der Waals surface area contributed by atoms with E-state index >= 15 is 0 Å². The number of allylic oxidation sites excluding steroid dienone is 3. The molecule has 0 aromatic heterocycles. The smallest absolute Gasteiger partial charge is 0.337 e. The van der Waals surface area contributed by atoms with Crippen LogP contribution in [0.15, 0.2) is 40.7 Å². The Balaban J connectivity index is 1.83. The van der Waals surface area contributed by atoms with Gasteiger partial charge in [0.25, 0.3) is 0 Å². The maximum atomic E-state index is 13.3. The zero-order valence-corrected chi connectivity index (χ0v) is 19.1. The van der Waals surface area contributed by atoms with E-state index in [2.05, 4.69) is 19.2 Å². The number of esters is 1. The van der Waals surface area contributed by atoms with Gasteiger partial charge in [-0.3, -0.25) is 4.79 Å². The van der Waals surface area contributed by atoms with Crippen molar-refractivity contribution in [2.75, 3.05) is 0 Å². The van der Waals surface area contributed by atoms with Gasteiger partial charge in [-0.1, -0.05) is 49.2 Å². The maximum Gasteiger partial charge on any atom is 0.337 e. The monoisotopic (exact) mass is 447 g/mol. The number of ether oxygens (including phenoxy) is 1. The first-order valence-corrected chi connectivity index (χ1v) is 11.3. The van der Waals surface area contributed by atoms with Crippen molar-refractivity contribution in [2.24, 2.45) is 5.41 Å². The highest BCUT2D eigenvalue weighted by Gasteiger charge is 2.44. The number of nitrogens with one attached hydrogen (secondary N) is 1. The van der Waals surface area contributed by atoms with Crippen molar-refractivity contribution in [3.05, 3.63) is 56.3 Å². The second-order valence-electron chi connectivity index (χ2n) is 9.38. The van der Waals surface area contributed by atoms with Crippen LogP contribution in [0.25, 0.3) is 0 Å². The van der Waals surface area contributed by atoms with E-state index in [1.54, 1.807) is 12.1 Å². The van der Waals surface area contributed by atoms with Crippen LogP contribution in [0.4, 0.5) is 0 Å². The van der Waals surface area contributed by atoms with Crippen molar-refractivity contribution >= 4 is 35.0 Å². The third-order valence-corrected chi connectivity index (χ3v) is 7.16. The number of halogens is 2. The van der Waals surface area contributed by atoms with Crippen LogP contribution in [-0.4, -0.2) is 17.9 Å². The van der Waals surface area contributed by atoms with Gasteiger partial charge in [0.15, 0.2) is 5.78 Å². The van der Waals surface area contributed by atoms with E-state index in [-0.39, 0.29) is 23.3 Å². The summed E-state index contributed by atoms with van der Waals surface area (Å²) in [5, 5.41) is 4.13. The van der Waals surface area contributed by atoms with Crippen LogP contribution in [0.1, 0.15) is 70.8 Å². The molecule has 0 bridgehead atoms. The maximum absolute atomic E-state index is 13.3. The highest BCUT2D eigenvalue weighted by Crippen LogP contribution is 2.49. The summed E-state index contributed by atoms with van der Waals surface area (Å²) >= 11 is 12.9.